The monoisotopic (exact) mass is 553 g/mol. The van der Waals surface area contributed by atoms with Crippen LogP contribution in [0, 0.1) is 5.92 Å². The van der Waals surface area contributed by atoms with Crippen LogP contribution in [-0.2, 0) is 33.6 Å². The van der Waals surface area contributed by atoms with Crippen LogP contribution in [0.3, 0.4) is 0 Å². The number of nitrogens with one attached hydrogen (secondary N) is 3. The van der Waals surface area contributed by atoms with Crippen LogP contribution in [0.25, 0.3) is 0 Å². The Morgan fingerprint density at radius 2 is 1.03 bits per heavy atom. The molecule has 0 heterocycles. The van der Waals surface area contributed by atoms with Gasteiger partial charge in [-0.3, -0.25) is 24.0 Å². The molecule has 0 saturated heterocycles. The van der Waals surface area contributed by atoms with Gasteiger partial charge in [-0.25, -0.2) is 0 Å². The van der Waals surface area contributed by atoms with Crippen LogP contribution < -0.4 is 16.0 Å². The average Bonchev–Trinajstić information content (AvgIpc) is 2.78. The van der Waals surface area contributed by atoms with Gasteiger partial charge in [-0.2, -0.15) is 0 Å². The van der Waals surface area contributed by atoms with Gasteiger partial charge in [-0.05, 0) is 33.1 Å². The molecule has 0 bridgehead atoms. The molecule has 0 radical (unpaired) electrons. The number of unbranched alkanes of at least 4 members (excludes halogenated alkanes) is 2. The number of rotatable bonds is 21. The molecule has 0 spiro atoms. The van der Waals surface area contributed by atoms with Crippen LogP contribution in [0.4, 0.5) is 0 Å². The zero-order valence-corrected chi connectivity index (χ0v) is 25.0. The predicted molar refractivity (Wildman–Crippen MR) is 151 cm³/mol. The molecule has 0 aliphatic heterocycles. The van der Waals surface area contributed by atoms with Gasteiger partial charge in [0.05, 0.1) is 0 Å². The van der Waals surface area contributed by atoms with Crippen molar-refractivity contribution in [2.75, 3.05) is 0 Å². The number of ketones is 3. The minimum Gasteiger partial charge on any atom is -0.353 e. The topological polar surface area (TPSA) is 156 Å². The molecule has 0 aliphatic carbocycles. The maximum Gasteiger partial charge on any atom is 0.222 e. The highest BCUT2D eigenvalue weighted by atomic mass is 16.2. The summed E-state index contributed by atoms with van der Waals surface area (Å²) in [6.45, 7) is 12.0. The Morgan fingerprint density at radius 3 is 1.41 bits per heavy atom. The summed E-state index contributed by atoms with van der Waals surface area (Å²) in [5, 5.41) is 8.19. The highest BCUT2D eigenvalue weighted by Gasteiger charge is 2.24. The second-order valence-electron chi connectivity index (χ2n) is 10.1. The number of hydrogen-bond donors (Lipinski definition) is 3. The average molecular weight is 554 g/mol. The summed E-state index contributed by atoms with van der Waals surface area (Å²) in [6.07, 6.45) is 4.39. The molecule has 4 atom stereocenters. The smallest absolute Gasteiger partial charge is 0.222 e. The van der Waals surface area contributed by atoms with Crippen LogP contribution in [0.5, 0.6) is 0 Å². The molecule has 3 N–H and O–H groups in total. The molecule has 0 aromatic heterocycles. The molecule has 0 saturated carbocycles. The zero-order valence-electron chi connectivity index (χ0n) is 25.0. The lowest BCUT2D eigenvalue weighted by Gasteiger charge is -2.22. The summed E-state index contributed by atoms with van der Waals surface area (Å²) in [6, 6.07) is -1.82. The van der Waals surface area contributed by atoms with Gasteiger partial charge in [0.1, 0.15) is 23.6 Å². The van der Waals surface area contributed by atoms with Crippen LogP contribution in [0.1, 0.15) is 119 Å². The fraction of sp³-hybridized carbons (Fsp3) is 0.759. The number of aldehydes is 1. The minimum absolute atomic E-state index is 0.0287. The molecule has 0 fully saturated rings. The molecule has 0 rings (SSSR count). The van der Waals surface area contributed by atoms with Crippen LogP contribution in [0.15, 0.2) is 0 Å². The molecule has 10 heteroatoms. The van der Waals surface area contributed by atoms with Crippen molar-refractivity contribution in [2.45, 2.75) is 137 Å². The molecule has 0 aromatic rings. The van der Waals surface area contributed by atoms with Crippen molar-refractivity contribution < 1.29 is 33.6 Å². The number of carbonyl (C=O) groups is 7. The molecule has 224 valence electrons. The van der Waals surface area contributed by atoms with E-state index < -0.39 is 18.0 Å². The SMILES string of the molecule is CC.CCCCCC(CC=O)NC(=O)CC(CC(C)=O)NC(=O)CC(CC(C)=O)NC(=O)CC(C)CC(C)=O. The Labute approximate surface area is 234 Å². The lowest BCUT2D eigenvalue weighted by atomic mass is 10.00. The van der Waals surface area contributed by atoms with E-state index in [0.29, 0.717) is 6.42 Å². The largest absolute Gasteiger partial charge is 0.353 e. The van der Waals surface area contributed by atoms with Crippen molar-refractivity contribution in [3.8, 4) is 0 Å². The summed E-state index contributed by atoms with van der Waals surface area (Å²) in [5.41, 5.74) is 0. The van der Waals surface area contributed by atoms with Crippen molar-refractivity contribution in [1.29, 1.82) is 0 Å². The van der Waals surface area contributed by atoms with Crippen LogP contribution >= 0.6 is 0 Å². The van der Waals surface area contributed by atoms with E-state index in [-0.39, 0.29) is 86.1 Å². The van der Waals surface area contributed by atoms with Gasteiger partial charge < -0.3 is 25.5 Å². The van der Waals surface area contributed by atoms with E-state index in [4.69, 9.17) is 0 Å². The van der Waals surface area contributed by atoms with E-state index in [9.17, 15) is 33.6 Å². The summed E-state index contributed by atoms with van der Waals surface area (Å²) in [7, 11) is 0. The summed E-state index contributed by atoms with van der Waals surface area (Å²) < 4.78 is 0. The fourth-order valence-electron chi connectivity index (χ4n) is 4.24. The van der Waals surface area contributed by atoms with Gasteiger partial charge in [0.2, 0.25) is 17.7 Å². The molecule has 10 nitrogen and oxygen atoms in total. The Balaban J connectivity index is 0. The first-order valence-corrected chi connectivity index (χ1v) is 14.2. The van der Waals surface area contributed by atoms with E-state index in [2.05, 4.69) is 22.9 Å². The molecule has 4 unspecified atom stereocenters. The molecule has 39 heavy (non-hydrogen) atoms. The van der Waals surface area contributed by atoms with Gasteiger partial charge in [0, 0.05) is 63.1 Å². The van der Waals surface area contributed by atoms with Gasteiger partial charge in [0.25, 0.3) is 0 Å². The van der Waals surface area contributed by atoms with E-state index in [1.165, 1.54) is 20.8 Å². The zero-order chi connectivity index (χ0) is 30.4. The third kappa shape index (κ3) is 22.8. The molecular formula is C29H51N3O7. The van der Waals surface area contributed by atoms with Crippen molar-refractivity contribution >= 4 is 41.4 Å². The Kier molecular flexibility index (Phi) is 22.6. The Bertz CT molecular complexity index is 798. The van der Waals surface area contributed by atoms with E-state index in [1.807, 2.05) is 13.8 Å². The van der Waals surface area contributed by atoms with E-state index >= 15 is 0 Å². The number of amides is 3. The molecular weight excluding hydrogens is 502 g/mol. The summed E-state index contributed by atoms with van der Waals surface area (Å²) in [4.78, 5) is 83.4. The van der Waals surface area contributed by atoms with Crippen molar-refractivity contribution in [3.05, 3.63) is 0 Å². The molecule has 0 aromatic carbocycles. The van der Waals surface area contributed by atoms with Crippen LogP contribution in [0.2, 0.25) is 0 Å². The Morgan fingerprint density at radius 1 is 0.615 bits per heavy atom. The standard InChI is InChI=1S/C27H45N3O7.C2H6/c1-6-7-8-9-22(10-11-31)28-26(36)16-24(15-21(5)34)30-27(37)17-23(14-20(4)33)29-25(35)13-18(2)12-19(3)32;1-2/h11,18,22-24H,6-10,12-17H2,1-5H3,(H,28,36)(H,29,35)(H,30,37);1-2H3. The third-order valence-electron chi connectivity index (χ3n) is 5.73. The number of Topliss-reactive ketones (excluding diaryl/α,β-unsaturated/α-hetero) is 3. The van der Waals surface area contributed by atoms with E-state index in [0.717, 1.165) is 25.5 Å². The van der Waals surface area contributed by atoms with Crippen molar-refractivity contribution in [1.82, 2.24) is 16.0 Å². The second-order valence-corrected chi connectivity index (χ2v) is 10.1. The van der Waals surface area contributed by atoms with Gasteiger partial charge in [-0.15, -0.1) is 0 Å². The molecule has 0 aliphatic rings. The highest BCUT2D eigenvalue weighted by Crippen LogP contribution is 2.11. The maximum atomic E-state index is 12.7. The normalized spacial score (nSPS) is 13.4. The van der Waals surface area contributed by atoms with Gasteiger partial charge in [0.15, 0.2) is 0 Å². The van der Waals surface area contributed by atoms with E-state index in [1.54, 1.807) is 6.92 Å². The lowest BCUT2D eigenvalue weighted by molar-refractivity contribution is -0.125. The molecule has 3 amide bonds. The van der Waals surface area contributed by atoms with Crippen molar-refractivity contribution in [2.24, 2.45) is 5.92 Å². The second kappa shape index (κ2) is 23.0. The van der Waals surface area contributed by atoms with Gasteiger partial charge in [-0.1, -0.05) is 47.0 Å². The van der Waals surface area contributed by atoms with Crippen molar-refractivity contribution in [3.63, 3.8) is 0 Å². The number of hydrogen-bond acceptors (Lipinski definition) is 7. The fourth-order valence-corrected chi connectivity index (χ4v) is 4.24. The first-order valence-electron chi connectivity index (χ1n) is 14.2. The first kappa shape index (κ1) is 38.2. The maximum absolute atomic E-state index is 12.7. The van der Waals surface area contributed by atoms with Crippen LogP contribution in [-0.4, -0.2) is 59.5 Å². The minimum atomic E-state index is -0.762. The highest BCUT2D eigenvalue weighted by molar-refractivity contribution is 5.85. The predicted octanol–water partition coefficient (Wildman–Crippen LogP) is 3.38. The summed E-state index contributed by atoms with van der Waals surface area (Å²) >= 11 is 0. The first-order chi connectivity index (χ1) is 18.4. The van der Waals surface area contributed by atoms with Gasteiger partial charge >= 0.3 is 0 Å². The number of carbonyl (C=O) groups excluding carboxylic acids is 7. The third-order valence-corrected chi connectivity index (χ3v) is 5.73. The Hall–Kier alpha value is -2.91. The lowest BCUT2D eigenvalue weighted by Crippen LogP contribution is -2.45. The summed E-state index contributed by atoms with van der Waals surface area (Å²) in [5.74, 6) is -1.86. The quantitative estimate of drug-likeness (QED) is 0.145.